The molecule has 2 rings (SSSR count). The highest BCUT2D eigenvalue weighted by molar-refractivity contribution is 7.90. The van der Waals surface area contributed by atoms with Gasteiger partial charge in [-0.2, -0.15) is 0 Å². The minimum Gasteiger partial charge on any atom is -0.378 e. The van der Waals surface area contributed by atoms with E-state index < -0.39 is 9.84 Å². The van der Waals surface area contributed by atoms with Gasteiger partial charge in [-0.25, -0.2) is 8.42 Å². The molecule has 2 aromatic rings. The average Bonchev–Trinajstić information content (AvgIpc) is 2.54. The Morgan fingerprint density at radius 2 is 1.75 bits per heavy atom. The second-order valence-electron chi connectivity index (χ2n) is 5.87. The summed E-state index contributed by atoms with van der Waals surface area (Å²) in [4.78, 5) is 14.3. The van der Waals surface area contributed by atoms with E-state index in [0.717, 1.165) is 17.5 Å². The highest BCUT2D eigenvalue weighted by Crippen LogP contribution is 2.13. The molecule has 0 atom stereocenters. The Morgan fingerprint density at radius 3 is 2.33 bits per heavy atom. The molecule has 0 fully saturated rings. The van der Waals surface area contributed by atoms with Gasteiger partial charge >= 0.3 is 0 Å². The van der Waals surface area contributed by atoms with Gasteiger partial charge in [-0.1, -0.05) is 18.2 Å². The van der Waals surface area contributed by atoms with Gasteiger partial charge < -0.3 is 10.2 Å². The fourth-order valence-electron chi connectivity index (χ4n) is 2.25. The van der Waals surface area contributed by atoms with E-state index in [0.29, 0.717) is 18.5 Å². The fourth-order valence-corrected chi connectivity index (χ4v) is 2.92. The number of carbonyl (C=O) groups is 1. The summed E-state index contributed by atoms with van der Waals surface area (Å²) in [6, 6.07) is 14.2. The third-order valence-corrected chi connectivity index (χ3v) is 4.79. The molecule has 0 aliphatic carbocycles. The molecule has 0 aromatic heterocycles. The van der Waals surface area contributed by atoms with Crippen molar-refractivity contribution < 1.29 is 13.2 Å². The van der Waals surface area contributed by atoms with Gasteiger partial charge in [-0.3, -0.25) is 4.79 Å². The monoisotopic (exact) mass is 346 g/mol. The number of carbonyl (C=O) groups excluding carboxylic acids is 1. The molecule has 0 saturated carbocycles. The number of hydrogen-bond acceptors (Lipinski definition) is 4. The quantitative estimate of drug-likeness (QED) is 0.870. The molecule has 6 heteroatoms. The maximum Gasteiger partial charge on any atom is 0.251 e. The number of nitrogens with zero attached hydrogens (tertiary/aromatic N) is 1. The van der Waals surface area contributed by atoms with Gasteiger partial charge in [0, 0.05) is 38.1 Å². The second-order valence-corrected chi connectivity index (χ2v) is 7.88. The predicted molar refractivity (Wildman–Crippen MR) is 96.4 cm³/mol. The number of nitrogens with one attached hydrogen (secondary N) is 1. The molecule has 0 heterocycles. The summed E-state index contributed by atoms with van der Waals surface area (Å²) in [5, 5.41) is 2.82. The van der Waals surface area contributed by atoms with Gasteiger partial charge in [-0.15, -0.1) is 0 Å². The van der Waals surface area contributed by atoms with Crippen LogP contribution in [0.15, 0.2) is 53.4 Å². The zero-order valence-corrected chi connectivity index (χ0v) is 14.9. The van der Waals surface area contributed by atoms with Crippen molar-refractivity contribution >= 4 is 21.4 Å². The Morgan fingerprint density at radius 1 is 1.08 bits per heavy atom. The zero-order chi connectivity index (χ0) is 17.7. The summed E-state index contributed by atoms with van der Waals surface area (Å²) in [7, 11) is 0.654. The minimum absolute atomic E-state index is 0.148. The lowest BCUT2D eigenvalue weighted by atomic mass is 10.1. The van der Waals surface area contributed by atoms with Crippen LogP contribution in [-0.2, 0) is 16.3 Å². The third-order valence-electron chi connectivity index (χ3n) is 3.68. The molecule has 1 amide bonds. The molecule has 0 saturated heterocycles. The van der Waals surface area contributed by atoms with Crippen molar-refractivity contribution in [2.24, 2.45) is 0 Å². The topological polar surface area (TPSA) is 66.5 Å². The van der Waals surface area contributed by atoms with Crippen LogP contribution in [0, 0.1) is 0 Å². The zero-order valence-electron chi connectivity index (χ0n) is 14.1. The third kappa shape index (κ3) is 4.83. The minimum atomic E-state index is -3.32. The molecule has 2 aromatic carbocycles. The molecular formula is C18H22N2O3S. The Bertz CT molecular complexity index is 812. The molecule has 1 N–H and O–H groups in total. The molecule has 0 aliphatic rings. The Balaban J connectivity index is 1.94. The largest absolute Gasteiger partial charge is 0.378 e. The van der Waals surface area contributed by atoms with E-state index in [2.05, 4.69) is 5.32 Å². The standard InChI is InChI=1S/C18H22N2O3S/c1-20(2)16-9-7-14(8-10-16)11-12-19-18(21)15-5-4-6-17(13-15)24(3,22)23/h4-10,13H,11-12H2,1-3H3,(H,19,21). The first-order valence-electron chi connectivity index (χ1n) is 7.62. The van der Waals surface area contributed by atoms with Gasteiger partial charge in [0.1, 0.15) is 0 Å². The van der Waals surface area contributed by atoms with Crippen molar-refractivity contribution in [1.82, 2.24) is 5.32 Å². The Hall–Kier alpha value is -2.34. The molecule has 5 nitrogen and oxygen atoms in total. The lowest BCUT2D eigenvalue weighted by Gasteiger charge is -2.12. The number of anilines is 1. The van der Waals surface area contributed by atoms with Gasteiger partial charge in [-0.05, 0) is 42.3 Å². The average molecular weight is 346 g/mol. The molecule has 0 aliphatic heterocycles. The summed E-state index contributed by atoms with van der Waals surface area (Å²) >= 11 is 0. The van der Waals surface area contributed by atoms with Gasteiger partial charge in [0.15, 0.2) is 9.84 Å². The molecule has 0 unspecified atom stereocenters. The van der Waals surface area contributed by atoms with E-state index in [1.54, 1.807) is 12.1 Å². The summed E-state index contributed by atoms with van der Waals surface area (Å²) < 4.78 is 23.1. The SMILES string of the molecule is CN(C)c1ccc(CCNC(=O)c2cccc(S(C)(=O)=O)c2)cc1. The summed E-state index contributed by atoms with van der Waals surface area (Å²) in [5.74, 6) is -0.273. The lowest BCUT2D eigenvalue weighted by molar-refractivity contribution is 0.0954. The fraction of sp³-hybridized carbons (Fsp3) is 0.278. The first-order valence-corrected chi connectivity index (χ1v) is 9.51. The molecule has 0 spiro atoms. The summed E-state index contributed by atoms with van der Waals surface area (Å²) in [6.45, 7) is 0.489. The van der Waals surface area contributed by atoms with Crippen LogP contribution in [0.3, 0.4) is 0 Å². The van der Waals surface area contributed by atoms with Crippen LogP contribution in [-0.4, -0.2) is 41.2 Å². The van der Waals surface area contributed by atoms with Crippen molar-refractivity contribution in [1.29, 1.82) is 0 Å². The van der Waals surface area contributed by atoms with Crippen LogP contribution in [0.25, 0.3) is 0 Å². The van der Waals surface area contributed by atoms with Crippen molar-refractivity contribution in [2.45, 2.75) is 11.3 Å². The van der Waals surface area contributed by atoms with Crippen molar-refractivity contribution in [2.75, 3.05) is 31.8 Å². The molecule has 24 heavy (non-hydrogen) atoms. The van der Waals surface area contributed by atoms with Crippen LogP contribution in [0.1, 0.15) is 15.9 Å². The molecule has 128 valence electrons. The van der Waals surface area contributed by atoms with Gasteiger partial charge in [0.2, 0.25) is 0 Å². The molecule has 0 radical (unpaired) electrons. The van der Waals surface area contributed by atoms with Crippen LogP contribution < -0.4 is 10.2 Å². The normalized spacial score (nSPS) is 11.1. The second kappa shape index (κ2) is 7.49. The van der Waals surface area contributed by atoms with Crippen molar-refractivity contribution in [3.63, 3.8) is 0 Å². The number of hydrogen-bond donors (Lipinski definition) is 1. The number of amides is 1. The van der Waals surface area contributed by atoms with E-state index in [9.17, 15) is 13.2 Å². The Kier molecular flexibility index (Phi) is 5.62. The Labute approximate surface area is 143 Å². The van der Waals surface area contributed by atoms with Crippen molar-refractivity contribution in [3.8, 4) is 0 Å². The summed E-state index contributed by atoms with van der Waals surface area (Å²) in [6.07, 6.45) is 1.84. The van der Waals surface area contributed by atoms with Crippen LogP contribution in [0.5, 0.6) is 0 Å². The number of rotatable bonds is 6. The van der Waals surface area contributed by atoms with E-state index in [4.69, 9.17) is 0 Å². The highest BCUT2D eigenvalue weighted by Gasteiger charge is 2.11. The predicted octanol–water partition coefficient (Wildman–Crippen LogP) is 2.13. The van der Waals surface area contributed by atoms with Crippen LogP contribution in [0.4, 0.5) is 5.69 Å². The highest BCUT2D eigenvalue weighted by atomic mass is 32.2. The summed E-state index contributed by atoms with van der Waals surface area (Å²) in [5.41, 5.74) is 2.60. The number of benzene rings is 2. The maximum absolute atomic E-state index is 12.1. The van der Waals surface area contributed by atoms with Crippen LogP contribution in [0.2, 0.25) is 0 Å². The first kappa shape index (κ1) is 18.0. The van der Waals surface area contributed by atoms with Gasteiger partial charge in [0.25, 0.3) is 5.91 Å². The molecular weight excluding hydrogens is 324 g/mol. The van der Waals surface area contributed by atoms with E-state index in [1.165, 1.54) is 12.1 Å². The van der Waals surface area contributed by atoms with E-state index in [-0.39, 0.29) is 10.8 Å². The first-order chi connectivity index (χ1) is 11.3. The maximum atomic E-state index is 12.1. The molecule has 0 bridgehead atoms. The lowest BCUT2D eigenvalue weighted by Crippen LogP contribution is -2.25. The van der Waals surface area contributed by atoms with E-state index in [1.807, 2.05) is 43.3 Å². The smallest absolute Gasteiger partial charge is 0.251 e. The number of sulfone groups is 1. The van der Waals surface area contributed by atoms with E-state index >= 15 is 0 Å². The van der Waals surface area contributed by atoms with Crippen molar-refractivity contribution in [3.05, 3.63) is 59.7 Å². The van der Waals surface area contributed by atoms with Crippen LogP contribution >= 0.6 is 0 Å². The van der Waals surface area contributed by atoms with Gasteiger partial charge in [0.05, 0.1) is 4.90 Å².